The fraction of sp³-hybridized carbons (Fsp3) is 0.350. The Morgan fingerprint density at radius 1 is 1.00 bits per heavy atom. The van der Waals surface area contributed by atoms with Crippen LogP contribution in [-0.4, -0.2) is 33.5 Å². The summed E-state index contributed by atoms with van der Waals surface area (Å²) < 4.78 is 32.3. The van der Waals surface area contributed by atoms with E-state index < -0.39 is 16.1 Å². The van der Waals surface area contributed by atoms with E-state index in [0.29, 0.717) is 16.7 Å². The normalized spacial score (nSPS) is 12.6. The van der Waals surface area contributed by atoms with Crippen molar-refractivity contribution in [1.29, 1.82) is 0 Å². The third kappa shape index (κ3) is 6.51. The zero-order valence-corrected chi connectivity index (χ0v) is 17.7. The molecule has 0 fully saturated rings. The summed E-state index contributed by atoms with van der Waals surface area (Å²) in [6.07, 6.45) is -0.697. The summed E-state index contributed by atoms with van der Waals surface area (Å²) in [6.45, 7) is 6.06. The van der Waals surface area contributed by atoms with Crippen LogP contribution in [0.4, 0.5) is 0 Å². The van der Waals surface area contributed by atoms with Gasteiger partial charge in [0.25, 0.3) is 5.91 Å². The third-order valence-corrected chi connectivity index (χ3v) is 5.80. The Morgan fingerprint density at radius 2 is 1.61 bits per heavy atom. The molecule has 1 unspecified atom stereocenters. The topological polar surface area (TPSA) is 84.5 Å². The summed E-state index contributed by atoms with van der Waals surface area (Å²) in [7, 11) is -3.65. The van der Waals surface area contributed by atoms with E-state index in [9.17, 15) is 13.2 Å². The summed E-state index contributed by atoms with van der Waals surface area (Å²) in [5, 5.41) is 3.11. The van der Waals surface area contributed by atoms with Gasteiger partial charge >= 0.3 is 0 Å². The van der Waals surface area contributed by atoms with Crippen molar-refractivity contribution in [2.75, 3.05) is 13.1 Å². The van der Waals surface area contributed by atoms with Crippen molar-refractivity contribution in [3.8, 4) is 5.75 Å². The number of nitrogens with one attached hydrogen (secondary N) is 2. The minimum Gasteiger partial charge on any atom is -0.481 e. The maximum absolute atomic E-state index is 12.1. The molecule has 0 heterocycles. The van der Waals surface area contributed by atoms with Gasteiger partial charge in [-0.15, -0.1) is 0 Å². The minimum atomic E-state index is -3.65. The van der Waals surface area contributed by atoms with Gasteiger partial charge in [-0.2, -0.15) is 0 Å². The molecular formula is C20H25ClN2O4S. The summed E-state index contributed by atoms with van der Waals surface area (Å²) in [6, 6.07) is 13.5. The number of hydrogen-bond donors (Lipinski definition) is 2. The number of carbonyl (C=O) groups is 1. The van der Waals surface area contributed by atoms with Crippen molar-refractivity contribution in [2.45, 2.75) is 37.7 Å². The second-order valence-electron chi connectivity index (χ2n) is 6.63. The second-order valence-corrected chi connectivity index (χ2v) is 8.83. The van der Waals surface area contributed by atoms with Crippen LogP contribution < -0.4 is 14.8 Å². The molecule has 28 heavy (non-hydrogen) atoms. The molecule has 0 saturated carbocycles. The highest BCUT2D eigenvalue weighted by Crippen LogP contribution is 2.19. The number of hydrogen-bond acceptors (Lipinski definition) is 4. The van der Waals surface area contributed by atoms with Gasteiger partial charge in [0.15, 0.2) is 6.10 Å². The molecule has 0 radical (unpaired) electrons. The fourth-order valence-corrected chi connectivity index (χ4v) is 3.56. The first-order chi connectivity index (χ1) is 13.2. The first-order valence-corrected chi connectivity index (χ1v) is 10.8. The zero-order valence-electron chi connectivity index (χ0n) is 16.1. The van der Waals surface area contributed by atoms with Gasteiger partial charge < -0.3 is 10.1 Å². The molecule has 0 aromatic heterocycles. The van der Waals surface area contributed by atoms with Crippen molar-refractivity contribution < 1.29 is 17.9 Å². The Bertz CT molecular complexity index is 881. The maximum atomic E-state index is 12.1. The third-order valence-electron chi connectivity index (χ3n) is 4.07. The lowest BCUT2D eigenvalue weighted by Gasteiger charge is -2.15. The lowest BCUT2D eigenvalue weighted by atomic mass is 10.0. The van der Waals surface area contributed by atoms with Crippen molar-refractivity contribution >= 4 is 27.5 Å². The molecule has 0 spiro atoms. The molecule has 152 valence electrons. The zero-order chi connectivity index (χ0) is 20.7. The summed E-state index contributed by atoms with van der Waals surface area (Å²) in [5.41, 5.74) is 1.19. The van der Waals surface area contributed by atoms with Crippen molar-refractivity contribution in [1.82, 2.24) is 10.0 Å². The highest BCUT2D eigenvalue weighted by molar-refractivity contribution is 7.89. The SMILES string of the molecule is CC(Oc1ccc(C(C)C)cc1)C(=O)NCCNS(=O)(=O)c1ccc(Cl)cc1. The van der Waals surface area contributed by atoms with Gasteiger partial charge in [0.05, 0.1) is 4.90 Å². The smallest absolute Gasteiger partial charge is 0.260 e. The Balaban J connectivity index is 1.77. The standard InChI is InChI=1S/C20H25ClN2O4S/c1-14(2)16-4-8-18(9-5-16)27-15(3)20(24)22-12-13-23-28(25,26)19-10-6-17(21)7-11-19/h4-11,14-15,23H,12-13H2,1-3H3,(H,22,24). The quantitative estimate of drug-likeness (QED) is 0.605. The lowest BCUT2D eigenvalue weighted by Crippen LogP contribution is -2.40. The number of ether oxygens (including phenoxy) is 1. The van der Waals surface area contributed by atoms with Gasteiger partial charge in [-0.05, 0) is 54.8 Å². The molecule has 1 amide bonds. The molecule has 8 heteroatoms. The van der Waals surface area contributed by atoms with Crippen LogP contribution in [-0.2, 0) is 14.8 Å². The van der Waals surface area contributed by atoms with Crippen molar-refractivity contribution in [2.24, 2.45) is 0 Å². The molecule has 6 nitrogen and oxygen atoms in total. The van der Waals surface area contributed by atoms with E-state index in [2.05, 4.69) is 23.9 Å². The van der Waals surface area contributed by atoms with Crippen LogP contribution >= 0.6 is 11.6 Å². The van der Waals surface area contributed by atoms with E-state index >= 15 is 0 Å². The molecular weight excluding hydrogens is 400 g/mol. The molecule has 2 aromatic carbocycles. The highest BCUT2D eigenvalue weighted by Gasteiger charge is 2.16. The number of sulfonamides is 1. The molecule has 0 saturated heterocycles. The fourth-order valence-electron chi connectivity index (χ4n) is 2.40. The van der Waals surface area contributed by atoms with E-state index in [1.807, 2.05) is 24.3 Å². The summed E-state index contributed by atoms with van der Waals surface area (Å²) in [5.74, 6) is 0.709. The van der Waals surface area contributed by atoms with Crippen LogP contribution in [0.2, 0.25) is 5.02 Å². The molecule has 0 aliphatic heterocycles. The van der Waals surface area contributed by atoms with Crippen LogP contribution in [0.1, 0.15) is 32.3 Å². The van der Waals surface area contributed by atoms with Crippen molar-refractivity contribution in [3.05, 3.63) is 59.1 Å². The lowest BCUT2D eigenvalue weighted by molar-refractivity contribution is -0.127. The molecule has 2 aromatic rings. The van der Waals surface area contributed by atoms with E-state index in [4.69, 9.17) is 16.3 Å². The van der Waals surface area contributed by atoms with Gasteiger partial charge in [0.2, 0.25) is 10.0 Å². The van der Waals surface area contributed by atoms with Gasteiger partial charge in [0, 0.05) is 18.1 Å². The number of carbonyl (C=O) groups excluding carboxylic acids is 1. The Labute approximate surface area is 171 Å². The molecule has 2 N–H and O–H groups in total. The maximum Gasteiger partial charge on any atom is 0.260 e. The highest BCUT2D eigenvalue weighted by atomic mass is 35.5. The minimum absolute atomic E-state index is 0.0620. The monoisotopic (exact) mass is 424 g/mol. The number of benzene rings is 2. The van der Waals surface area contributed by atoms with Gasteiger partial charge in [0.1, 0.15) is 5.75 Å². The van der Waals surface area contributed by atoms with Gasteiger partial charge in [-0.1, -0.05) is 37.6 Å². The van der Waals surface area contributed by atoms with Crippen LogP contribution in [0.3, 0.4) is 0 Å². The Hall–Kier alpha value is -2.09. The number of rotatable bonds is 9. The molecule has 2 rings (SSSR count). The molecule has 0 aliphatic carbocycles. The van der Waals surface area contributed by atoms with E-state index in [1.165, 1.54) is 29.8 Å². The molecule has 0 bridgehead atoms. The van der Waals surface area contributed by atoms with Crippen LogP contribution in [0.15, 0.2) is 53.4 Å². The largest absolute Gasteiger partial charge is 0.481 e. The van der Waals surface area contributed by atoms with Crippen molar-refractivity contribution in [3.63, 3.8) is 0 Å². The average Bonchev–Trinajstić information content (AvgIpc) is 2.65. The van der Waals surface area contributed by atoms with E-state index in [-0.39, 0.29) is 23.9 Å². The van der Waals surface area contributed by atoms with Crippen LogP contribution in [0, 0.1) is 0 Å². The van der Waals surface area contributed by atoms with Gasteiger partial charge in [-0.25, -0.2) is 13.1 Å². The molecule has 1 atom stereocenters. The molecule has 0 aliphatic rings. The first-order valence-electron chi connectivity index (χ1n) is 8.98. The first kappa shape index (κ1) is 22.2. The Morgan fingerprint density at radius 3 is 2.18 bits per heavy atom. The summed E-state index contributed by atoms with van der Waals surface area (Å²) >= 11 is 5.76. The second kappa shape index (κ2) is 9.91. The number of halogens is 1. The predicted molar refractivity (Wildman–Crippen MR) is 110 cm³/mol. The van der Waals surface area contributed by atoms with Crippen LogP contribution in [0.25, 0.3) is 0 Å². The van der Waals surface area contributed by atoms with E-state index in [1.54, 1.807) is 6.92 Å². The van der Waals surface area contributed by atoms with Crippen LogP contribution in [0.5, 0.6) is 5.75 Å². The average molecular weight is 425 g/mol. The number of amides is 1. The van der Waals surface area contributed by atoms with Gasteiger partial charge in [-0.3, -0.25) is 4.79 Å². The summed E-state index contributed by atoms with van der Waals surface area (Å²) in [4.78, 5) is 12.2. The predicted octanol–water partition coefficient (Wildman–Crippen LogP) is 3.33. The Kier molecular flexibility index (Phi) is 7.86. The van der Waals surface area contributed by atoms with E-state index in [0.717, 1.165) is 0 Å².